The van der Waals surface area contributed by atoms with Gasteiger partial charge in [0.25, 0.3) is 11.8 Å². The lowest BCUT2D eigenvalue weighted by Crippen LogP contribution is -2.30. The van der Waals surface area contributed by atoms with Crippen molar-refractivity contribution in [3.63, 3.8) is 0 Å². The first-order valence-corrected chi connectivity index (χ1v) is 15.7. The maximum Gasteiger partial charge on any atom is 0.418 e. The number of thioether (sulfide) groups is 1. The molecule has 0 saturated heterocycles. The molecule has 250 valence electrons. The second kappa shape index (κ2) is 16.2. The molecular formula is C35H31ClF3N3O5S. The number of methoxy groups -OCH3 is 2. The van der Waals surface area contributed by atoms with E-state index in [1.807, 2.05) is 0 Å². The van der Waals surface area contributed by atoms with E-state index in [0.29, 0.717) is 39.6 Å². The Morgan fingerprint density at radius 3 is 2.31 bits per heavy atom. The molecule has 13 heteroatoms. The van der Waals surface area contributed by atoms with E-state index >= 15 is 0 Å². The Hall–Kier alpha value is -4.94. The Balaban J connectivity index is 1.56. The van der Waals surface area contributed by atoms with Gasteiger partial charge in [-0.1, -0.05) is 42.8 Å². The van der Waals surface area contributed by atoms with Crippen LogP contribution < -0.4 is 25.4 Å². The number of rotatable bonds is 12. The molecule has 0 heterocycles. The van der Waals surface area contributed by atoms with Gasteiger partial charge in [-0.05, 0) is 79.2 Å². The average molecular weight is 698 g/mol. The number of hydrogen-bond acceptors (Lipinski definition) is 6. The van der Waals surface area contributed by atoms with Crippen molar-refractivity contribution in [2.45, 2.75) is 29.7 Å². The van der Waals surface area contributed by atoms with E-state index < -0.39 is 40.4 Å². The fourth-order valence-corrected chi connectivity index (χ4v) is 5.64. The third kappa shape index (κ3) is 9.55. The van der Waals surface area contributed by atoms with Crippen molar-refractivity contribution >= 4 is 58.5 Å². The molecule has 3 amide bonds. The number of nitrogens with one attached hydrogen (secondary N) is 3. The molecule has 0 spiro atoms. The Morgan fingerprint density at radius 2 is 1.65 bits per heavy atom. The first kappa shape index (κ1) is 35.9. The standard InChI is InChI=1S/C35H31ClF3N3O5S/c1-4-31(34(45)41-28-15-13-23(36)19-27(28)35(37,38)39)48-26-12-8-11-24(20-26)40-33(44)29(42-32(43)21-9-6-5-7-10-21)18-22-17-25(46-2)14-16-30(22)47-3/h5-20,31H,4H2,1-3H3,(H,40,44)(H,41,45)(H,42,43)/b29-18+. The average Bonchev–Trinajstić information content (AvgIpc) is 3.07. The lowest BCUT2D eigenvalue weighted by Gasteiger charge is -2.18. The lowest BCUT2D eigenvalue weighted by molar-refractivity contribution is -0.137. The topological polar surface area (TPSA) is 106 Å². The summed E-state index contributed by atoms with van der Waals surface area (Å²) in [5.74, 6) is -0.877. The summed E-state index contributed by atoms with van der Waals surface area (Å²) in [5.41, 5.74) is -0.412. The molecule has 4 aromatic carbocycles. The van der Waals surface area contributed by atoms with Gasteiger partial charge in [0.2, 0.25) is 5.91 Å². The van der Waals surface area contributed by atoms with Gasteiger partial charge in [-0.25, -0.2) is 0 Å². The summed E-state index contributed by atoms with van der Waals surface area (Å²) in [6, 6.07) is 23.1. The Kier molecular flexibility index (Phi) is 12.2. The third-order valence-electron chi connectivity index (χ3n) is 6.84. The zero-order chi connectivity index (χ0) is 34.8. The van der Waals surface area contributed by atoms with E-state index in [0.717, 1.165) is 23.9 Å². The van der Waals surface area contributed by atoms with Gasteiger partial charge in [0.15, 0.2) is 0 Å². The molecular weight excluding hydrogens is 667 g/mol. The van der Waals surface area contributed by atoms with Crippen LogP contribution in [0.4, 0.5) is 24.5 Å². The highest BCUT2D eigenvalue weighted by Crippen LogP contribution is 2.37. The number of hydrogen-bond donors (Lipinski definition) is 3. The van der Waals surface area contributed by atoms with E-state index in [2.05, 4.69) is 16.0 Å². The molecule has 1 unspecified atom stereocenters. The second-order valence-corrected chi connectivity index (χ2v) is 11.9. The maximum atomic E-state index is 13.6. The summed E-state index contributed by atoms with van der Waals surface area (Å²) in [4.78, 5) is 40.4. The second-order valence-electron chi connectivity index (χ2n) is 10.2. The van der Waals surface area contributed by atoms with E-state index in [4.69, 9.17) is 21.1 Å². The zero-order valence-corrected chi connectivity index (χ0v) is 27.6. The summed E-state index contributed by atoms with van der Waals surface area (Å²) in [6.07, 6.45) is -2.97. The maximum absolute atomic E-state index is 13.6. The van der Waals surface area contributed by atoms with Gasteiger partial charge in [-0.15, -0.1) is 11.8 Å². The summed E-state index contributed by atoms with van der Waals surface area (Å²) in [5, 5.41) is 6.94. The van der Waals surface area contributed by atoms with E-state index in [1.54, 1.807) is 79.7 Å². The molecule has 8 nitrogen and oxygen atoms in total. The molecule has 4 aromatic rings. The van der Waals surface area contributed by atoms with Crippen LogP contribution in [-0.2, 0) is 15.8 Å². The van der Waals surface area contributed by atoms with Gasteiger partial charge < -0.3 is 25.4 Å². The van der Waals surface area contributed by atoms with Crippen molar-refractivity contribution in [1.82, 2.24) is 5.32 Å². The van der Waals surface area contributed by atoms with Crippen LogP contribution in [0.15, 0.2) is 102 Å². The van der Waals surface area contributed by atoms with Crippen LogP contribution in [0, 0.1) is 0 Å². The summed E-state index contributed by atoms with van der Waals surface area (Å²) < 4.78 is 51.5. The number of carbonyl (C=O) groups excluding carboxylic acids is 3. The molecule has 4 rings (SSSR count). The zero-order valence-electron chi connectivity index (χ0n) is 26.0. The molecule has 3 N–H and O–H groups in total. The summed E-state index contributed by atoms with van der Waals surface area (Å²) in [7, 11) is 2.97. The first-order chi connectivity index (χ1) is 22.9. The molecule has 0 aromatic heterocycles. The van der Waals surface area contributed by atoms with Gasteiger partial charge >= 0.3 is 6.18 Å². The molecule has 0 aliphatic rings. The summed E-state index contributed by atoms with van der Waals surface area (Å²) >= 11 is 6.88. The number of halogens is 4. The molecule has 0 aliphatic carbocycles. The fraction of sp³-hybridized carbons (Fsp3) is 0.171. The van der Waals surface area contributed by atoms with Crippen LogP contribution in [0.3, 0.4) is 0 Å². The molecule has 48 heavy (non-hydrogen) atoms. The van der Waals surface area contributed by atoms with Crippen molar-refractivity contribution in [2.24, 2.45) is 0 Å². The van der Waals surface area contributed by atoms with Crippen molar-refractivity contribution < 1.29 is 37.0 Å². The highest BCUT2D eigenvalue weighted by molar-refractivity contribution is 8.00. The van der Waals surface area contributed by atoms with Crippen molar-refractivity contribution in [3.8, 4) is 11.5 Å². The van der Waals surface area contributed by atoms with Crippen LogP contribution in [0.25, 0.3) is 6.08 Å². The van der Waals surface area contributed by atoms with Crippen LogP contribution >= 0.6 is 23.4 Å². The van der Waals surface area contributed by atoms with Crippen molar-refractivity contribution in [3.05, 3.63) is 118 Å². The molecule has 0 bridgehead atoms. The molecule has 0 saturated carbocycles. The van der Waals surface area contributed by atoms with Gasteiger partial charge in [0.05, 0.1) is 30.7 Å². The van der Waals surface area contributed by atoms with E-state index in [-0.39, 0.29) is 10.7 Å². The van der Waals surface area contributed by atoms with Crippen LogP contribution in [-0.4, -0.2) is 37.2 Å². The monoisotopic (exact) mass is 697 g/mol. The Bertz CT molecular complexity index is 1820. The lowest BCUT2D eigenvalue weighted by atomic mass is 10.1. The number of carbonyl (C=O) groups is 3. The quantitative estimate of drug-likeness (QED) is 0.102. The summed E-state index contributed by atoms with van der Waals surface area (Å²) in [6.45, 7) is 1.73. The number of benzene rings is 4. The largest absolute Gasteiger partial charge is 0.497 e. The smallest absolute Gasteiger partial charge is 0.418 e. The van der Waals surface area contributed by atoms with Gasteiger partial charge in [0.1, 0.15) is 17.2 Å². The molecule has 1 atom stereocenters. The SMILES string of the molecule is CCC(Sc1cccc(NC(=O)/C(=C\c2cc(OC)ccc2OC)NC(=O)c2ccccc2)c1)C(=O)Nc1ccc(Cl)cc1C(F)(F)F. The highest BCUT2D eigenvalue weighted by Gasteiger charge is 2.34. The molecule has 0 radical (unpaired) electrons. The highest BCUT2D eigenvalue weighted by atomic mass is 35.5. The van der Waals surface area contributed by atoms with Crippen LogP contribution in [0.5, 0.6) is 11.5 Å². The third-order valence-corrected chi connectivity index (χ3v) is 8.44. The molecule has 0 fully saturated rings. The number of ether oxygens (including phenoxy) is 2. The minimum atomic E-state index is -4.72. The number of amides is 3. The number of anilines is 2. The molecule has 0 aliphatic heterocycles. The van der Waals surface area contributed by atoms with Crippen molar-refractivity contribution in [2.75, 3.05) is 24.9 Å². The first-order valence-electron chi connectivity index (χ1n) is 14.5. The van der Waals surface area contributed by atoms with E-state index in [9.17, 15) is 27.6 Å². The minimum absolute atomic E-state index is 0.0947. The Morgan fingerprint density at radius 1 is 0.896 bits per heavy atom. The van der Waals surface area contributed by atoms with Crippen LogP contribution in [0.2, 0.25) is 5.02 Å². The number of alkyl halides is 3. The van der Waals surface area contributed by atoms with Crippen LogP contribution in [0.1, 0.15) is 34.8 Å². The van der Waals surface area contributed by atoms with Gasteiger partial charge in [-0.3, -0.25) is 14.4 Å². The van der Waals surface area contributed by atoms with Gasteiger partial charge in [-0.2, -0.15) is 13.2 Å². The predicted molar refractivity (Wildman–Crippen MR) is 182 cm³/mol. The van der Waals surface area contributed by atoms with Gasteiger partial charge in [0, 0.05) is 26.7 Å². The van der Waals surface area contributed by atoms with E-state index in [1.165, 1.54) is 26.4 Å². The fourth-order valence-electron chi connectivity index (χ4n) is 4.46. The minimum Gasteiger partial charge on any atom is -0.497 e. The normalized spacial score (nSPS) is 12.1. The predicted octanol–water partition coefficient (Wildman–Crippen LogP) is 8.30. The van der Waals surface area contributed by atoms with Crippen molar-refractivity contribution in [1.29, 1.82) is 0 Å². The Labute approximate surface area is 284 Å².